The topological polar surface area (TPSA) is 94.9 Å². The lowest BCUT2D eigenvalue weighted by atomic mass is 10.1. The fourth-order valence-electron chi connectivity index (χ4n) is 2.71. The van der Waals surface area contributed by atoms with Crippen molar-refractivity contribution in [1.29, 1.82) is 5.26 Å². The molecule has 0 saturated heterocycles. The standard InChI is InChI=1S/C22H17ClN4O2/c1-13-3-4-15-10-16(21(23)27-20(15)9-13)11-17(12-24)22(29)26-19-7-5-18(6-8-19)25-14(2)28/h3-11H,1-2H3,(H,25,28)(H,26,29)/b17-11+. The predicted molar refractivity (Wildman–Crippen MR) is 114 cm³/mol. The number of carbonyl (C=O) groups is 2. The average molecular weight is 405 g/mol. The van der Waals surface area contributed by atoms with Crippen molar-refractivity contribution in [3.63, 3.8) is 0 Å². The fourth-order valence-corrected chi connectivity index (χ4v) is 2.91. The molecule has 3 rings (SSSR count). The summed E-state index contributed by atoms with van der Waals surface area (Å²) in [5.74, 6) is -0.757. The molecule has 0 saturated carbocycles. The molecule has 2 amide bonds. The minimum atomic E-state index is -0.570. The summed E-state index contributed by atoms with van der Waals surface area (Å²) in [6, 6.07) is 16.0. The lowest BCUT2D eigenvalue weighted by molar-refractivity contribution is -0.114. The number of halogens is 1. The molecule has 3 aromatic rings. The Morgan fingerprint density at radius 1 is 1.07 bits per heavy atom. The number of amides is 2. The van der Waals surface area contributed by atoms with Gasteiger partial charge in [0.25, 0.3) is 5.91 Å². The number of aryl methyl sites for hydroxylation is 1. The number of hydrogen-bond acceptors (Lipinski definition) is 4. The first-order chi connectivity index (χ1) is 13.9. The Morgan fingerprint density at radius 3 is 2.34 bits per heavy atom. The Balaban J connectivity index is 1.84. The van der Waals surface area contributed by atoms with Gasteiger partial charge in [-0.25, -0.2) is 4.98 Å². The number of rotatable bonds is 4. The molecule has 0 fully saturated rings. The van der Waals surface area contributed by atoms with Crippen molar-refractivity contribution in [1.82, 2.24) is 4.98 Å². The molecule has 2 N–H and O–H groups in total. The first-order valence-electron chi connectivity index (χ1n) is 8.73. The van der Waals surface area contributed by atoms with Gasteiger partial charge < -0.3 is 10.6 Å². The number of fused-ring (bicyclic) bond motifs is 1. The van der Waals surface area contributed by atoms with E-state index in [0.717, 1.165) is 16.5 Å². The summed E-state index contributed by atoms with van der Waals surface area (Å²) >= 11 is 6.25. The van der Waals surface area contributed by atoms with Crippen molar-refractivity contribution in [3.05, 3.63) is 70.4 Å². The highest BCUT2D eigenvalue weighted by Crippen LogP contribution is 2.24. The molecule has 0 aliphatic carbocycles. The number of nitrogens with zero attached hydrogens (tertiary/aromatic N) is 2. The highest BCUT2D eigenvalue weighted by Gasteiger charge is 2.12. The van der Waals surface area contributed by atoms with Crippen LogP contribution in [0, 0.1) is 18.3 Å². The van der Waals surface area contributed by atoms with Crippen LogP contribution in [-0.4, -0.2) is 16.8 Å². The summed E-state index contributed by atoms with van der Waals surface area (Å²) in [6.45, 7) is 3.37. The maximum atomic E-state index is 12.5. The van der Waals surface area contributed by atoms with Gasteiger partial charge in [0.05, 0.1) is 5.52 Å². The monoisotopic (exact) mass is 404 g/mol. The quantitative estimate of drug-likeness (QED) is 0.374. The van der Waals surface area contributed by atoms with E-state index >= 15 is 0 Å². The summed E-state index contributed by atoms with van der Waals surface area (Å²) in [5.41, 5.74) is 3.28. The summed E-state index contributed by atoms with van der Waals surface area (Å²) < 4.78 is 0. The van der Waals surface area contributed by atoms with E-state index < -0.39 is 5.91 Å². The molecular weight excluding hydrogens is 388 g/mol. The van der Waals surface area contributed by atoms with Gasteiger partial charge in [-0.15, -0.1) is 0 Å². The molecule has 0 aliphatic heterocycles. The van der Waals surface area contributed by atoms with Gasteiger partial charge in [-0.2, -0.15) is 5.26 Å². The third-order valence-electron chi connectivity index (χ3n) is 4.08. The van der Waals surface area contributed by atoms with Crippen molar-refractivity contribution in [2.45, 2.75) is 13.8 Å². The van der Waals surface area contributed by atoms with E-state index in [1.54, 1.807) is 30.3 Å². The number of benzene rings is 2. The molecule has 1 heterocycles. The van der Waals surface area contributed by atoms with E-state index in [2.05, 4.69) is 15.6 Å². The molecule has 1 aromatic heterocycles. The van der Waals surface area contributed by atoms with Gasteiger partial charge in [0.2, 0.25) is 5.91 Å². The van der Waals surface area contributed by atoms with Crippen LogP contribution in [0.4, 0.5) is 11.4 Å². The number of nitrogens with one attached hydrogen (secondary N) is 2. The second kappa shape index (κ2) is 8.55. The third-order valence-corrected chi connectivity index (χ3v) is 4.38. The SMILES string of the molecule is CC(=O)Nc1ccc(NC(=O)/C(C#N)=C/c2cc3ccc(C)cc3nc2Cl)cc1. The maximum Gasteiger partial charge on any atom is 0.266 e. The van der Waals surface area contributed by atoms with E-state index in [4.69, 9.17) is 11.6 Å². The molecule has 2 aromatic carbocycles. The molecular formula is C22H17ClN4O2. The Labute approximate surface area is 172 Å². The fraction of sp³-hybridized carbons (Fsp3) is 0.0909. The molecule has 0 radical (unpaired) electrons. The average Bonchev–Trinajstić information content (AvgIpc) is 2.67. The van der Waals surface area contributed by atoms with E-state index in [1.807, 2.05) is 31.2 Å². The van der Waals surface area contributed by atoms with Crippen LogP contribution < -0.4 is 10.6 Å². The number of hydrogen-bond donors (Lipinski definition) is 2. The van der Waals surface area contributed by atoms with Crippen LogP contribution in [0.1, 0.15) is 18.1 Å². The predicted octanol–water partition coefficient (Wildman–Crippen LogP) is 4.70. The Bertz CT molecular complexity index is 1180. The minimum Gasteiger partial charge on any atom is -0.326 e. The Kier molecular flexibility index (Phi) is 5.91. The zero-order valence-corrected chi connectivity index (χ0v) is 16.5. The molecule has 7 heteroatoms. The van der Waals surface area contributed by atoms with E-state index in [1.165, 1.54) is 13.0 Å². The summed E-state index contributed by atoms with van der Waals surface area (Å²) in [6.07, 6.45) is 1.41. The zero-order valence-electron chi connectivity index (χ0n) is 15.8. The second-order valence-corrected chi connectivity index (χ2v) is 6.81. The smallest absolute Gasteiger partial charge is 0.266 e. The first kappa shape index (κ1) is 20.1. The Hall–Kier alpha value is -3.69. The second-order valence-electron chi connectivity index (χ2n) is 6.45. The van der Waals surface area contributed by atoms with Crippen molar-refractivity contribution < 1.29 is 9.59 Å². The summed E-state index contributed by atoms with van der Waals surface area (Å²) in [5, 5.41) is 15.8. The van der Waals surface area contributed by atoms with Crippen molar-refractivity contribution in [2.75, 3.05) is 10.6 Å². The van der Waals surface area contributed by atoms with E-state index in [0.29, 0.717) is 16.9 Å². The molecule has 29 heavy (non-hydrogen) atoms. The van der Waals surface area contributed by atoms with Crippen LogP contribution in [0.3, 0.4) is 0 Å². The maximum absolute atomic E-state index is 12.5. The molecule has 0 spiro atoms. The van der Waals surface area contributed by atoms with Gasteiger partial charge in [0.15, 0.2) is 0 Å². The number of aromatic nitrogens is 1. The molecule has 6 nitrogen and oxygen atoms in total. The zero-order chi connectivity index (χ0) is 21.0. The Morgan fingerprint density at radius 2 is 1.72 bits per heavy atom. The number of anilines is 2. The van der Waals surface area contributed by atoms with Crippen molar-refractivity contribution >= 4 is 51.8 Å². The van der Waals surface area contributed by atoms with Crippen LogP contribution in [0.15, 0.2) is 54.1 Å². The normalized spacial score (nSPS) is 11.0. The first-order valence-corrected chi connectivity index (χ1v) is 9.11. The van der Waals surface area contributed by atoms with Crippen LogP contribution in [0.2, 0.25) is 5.15 Å². The van der Waals surface area contributed by atoms with Gasteiger partial charge in [0, 0.05) is 29.2 Å². The van der Waals surface area contributed by atoms with Gasteiger partial charge in [-0.05, 0) is 55.0 Å². The lowest BCUT2D eigenvalue weighted by Gasteiger charge is -2.07. The largest absolute Gasteiger partial charge is 0.326 e. The van der Waals surface area contributed by atoms with Gasteiger partial charge in [0.1, 0.15) is 16.8 Å². The number of pyridine rings is 1. The van der Waals surface area contributed by atoms with Crippen LogP contribution in [0.25, 0.3) is 17.0 Å². The van der Waals surface area contributed by atoms with Gasteiger partial charge in [-0.3, -0.25) is 9.59 Å². The van der Waals surface area contributed by atoms with E-state index in [9.17, 15) is 14.9 Å². The number of nitriles is 1. The highest BCUT2D eigenvalue weighted by molar-refractivity contribution is 6.31. The van der Waals surface area contributed by atoms with E-state index in [-0.39, 0.29) is 16.6 Å². The lowest BCUT2D eigenvalue weighted by Crippen LogP contribution is -2.13. The third kappa shape index (κ3) is 4.98. The van der Waals surface area contributed by atoms with Crippen molar-refractivity contribution in [2.24, 2.45) is 0 Å². The molecule has 0 bridgehead atoms. The highest BCUT2D eigenvalue weighted by atomic mass is 35.5. The van der Waals surface area contributed by atoms with Gasteiger partial charge >= 0.3 is 0 Å². The minimum absolute atomic E-state index is 0.105. The van der Waals surface area contributed by atoms with Crippen molar-refractivity contribution in [3.8, 4) is 6.07 Å². The van der Waals surface area contributed by atoms with Crippen LogP contribution in [0.5, 0.6) is 0 Å². The molecule has 0 unspecified atom stereocenters. The molecule has 0 aliphatic rings. The van der Waals surface area contributed by atoms with Gasteiger partial charge in [-0.1, -0.05) is 23.7 Å². The molecule has 0 atom stereocenters. The summed E-state index contributed by atoms with van der Waals surface area (Å²) in [4.78, 5) is 27.9. The number of carbonyl (C=O) groups excluding carboxylic acids is 2. The van der Waals surface area contributed by atoms with Crippen LogP contribution >= 0.6 is 11.6 Å². The van der Waals surface area contributed by atoms with Crippen LogP contribution in [-0.2, 0) is 9.59 Å². The molecule has 144 valence electrons. The summed E-state index contributed by atoms with van der Waals surface area (Å²) in [7, 11) is 0.